The van der Waals surface area contributed by atoms with Crippen molar-refractivity contribution in [2.75, 3.05) is 74.0 Å². The van der Waals surface area contributed by atoms with Gasteiger partial charge < -0.3 is 20.0 Å². The van der Waals surface area contributed by atoms with Gasteiger partial charge in [-0.05, 0) is 0 Å². The number of nitrogens with two attached hydrogens (primary N) is 1. The Balaban J connectivity index is 1.78. The minimum absolute atomic E-state index is 0.426. The normalized spacial score (nSPS) is 20.2. The van der Waals surface area contributed by atoms with Crippen molar-refractivity contribution in [3.63, 3.8) is 0 Å². The lowest BCUT2D eigenvalue weighted by molar-refractivity contribution is 0.122. The predicted molar refractivity (Wildman–Crippen MR) is 91.5 cm³/mol. The van der Waals surface area contributed by atoms with Crippen molar-refractivity contribution in [2.45, 2.75) is 0 Å². The summed E-state index contributed by atoms with van der Waals surface area (Å²) in [5.74, 6) is 7.42. The topological polar surface area (TPSA) is 117 Å². The van der Waals surface area contributed by atoms with Crippen molar-refractivity contribution in [3.8, 4) is 0 Å². The number of nitrogens with zero attached hydrogens (tertiary/aromatic N) is 5. The monoisotopic (exact) mass is 357 g/mol. The Kier molecular flexibility index (Phi) is 5.04. The third kappa shape index (κ3) is 3.86. The summed E-state index contributed by atoms with van der Waals surface area (Å²) >= 11 is 0. The summed E-state index contributed by atoms with van der Waals surface area (Å²) in [7, 11) is -3.16. The maximum absolute atomic E-state index is 11.6. The maximum atomic E-state index is 11.6. The molecule has 11 heteroatoms. The molecule has 0 aliphatic carbocycles. The molecule has 2 aliphatic heterocycles. The van der Waals surface area contributed by atoms with Gasteiger partial charge in [0.1, 0.15) is 11.6 Å². The molecule has 0 amide bonds. The Hall–Kier alpha value is -1.69. The van der Waals surface area contributed by atoms with Crippen LogP contribution in [0.4, 0.5) is 17.6 Å². The van der Waals surface area contributed by atoms with Crippen LogP contribution in [0.3, 0.4) is 0 Å². The zero-order valence-corrected chi connectivity index (χ0v) is 14.5. The van der Waals surface area contributed by atoms with Gasteiger partial charge in [-0.1, -0.05) is 0 Å². The molecule has 3 N–H and O–H groups in total. The molecule has 2 fully saturated rings. The first kappa shape index (κ1) is 17.1. The first-order valence-electron chi connectivity index (χ1n) is 7.86. The van der Waals surface area contributed by atoms with Crippen LogP contribution < -0.4 is 21.1 Å². The van der Waals surface area contributed by atoms with Crippen LogP contribution >= 0.6 is 0 Å². The number of anilines is 3. The van der Waals surface area contributed by atoms with E-state index in [9.17, 15) is 8.42 Å². The Morgan fingerprint density at radius 3 is 2.33 bits per heavy atom. The fourth-order valence-corrected chi connectivity index (χ4v) is 3.64. The van der Waals surface area contributed by atoms with E-state index < -0.39 is 10.0 Å². The van der Waals surface area contributed by atoms with Crippen LogP contribution in [0, 0.1) is 0 Å². The zero-order chi connectivity index (χ0) is 17.2. The van der Waals surface area contributed by atoms with Gasteiger partial charge in [0.15, 0.2) is 0 Å². The molecule has 0 spiro atoms. The number of morpholine rings is 1. The Morgan fingerprint density at radius 1 is 1.08 bits per heavy atom. The number of sulfonamides is 1. The van der Waals surface area contributed by atoms with Crippen molar-refractivity contribution in [1.29, 1.82) is 0 Å². The van der Waals surface area contributed by atoms with Gasteiger partial charge in [-0.3, -0.25) is 0 Å². The third-order valence-corrected chi connectivity index (χ3v) is 5.48. The van der Waals surface area contributed by atoms with Crippen LogP contribution in [-0.4, -0.2) is 81.4 Å². The Bertz CT molecular complexity index is 670. The highest BCUT2D eigenvalue weighted by molar-refractivity contribution is 7.88. The van der Waals surface area contributed by atoms with E-state index in [2.05, 4.69) is 20.3 Å². The molecule has 24 heavy (non-hydrogen) atoms. The molecule has 0 bridgehead atoms. The molecule has 0 unspecified atom stereocenters. The van der Waals surface area contributed by atoms with Crippen molar-refractivity contribution >= 4 is 27.6 Å². The number of hydrazine groups is 1. The number of nitrogen functional groups attached to an aromatic ring is 1. The maximum Gasteiger partial charge on any atom is 0.229 e. The summed E-state index contributed by atoms with van der Waals surface area (Å²) in [6.07, 6.45) is 1.23. The number of piperazine rings is 1. The van der Waals surface area contributed by atoms with Crippen molar-refractivity contribution in [2.24, 2.45) is 5.84 Å². The third-order valence-electron chi connectivity index (χ3n) is 4.17. The minimum Gasteiger partial charge on any atom is -0.378 e. The van der Waals surface area contributed by atoms with Gasteiger partial charge in [-0.15, -0.1) is 0 Å². The number of aromatic nitrogens is 2. The number of hydrogen-bond donors (Lipinski definition) is 2. The second-order valence-electron chi connectivity index (χ2n) is 5.80. The van der Waals surface area contributed by atoms with Gasteiger partial charge in [0.05, 0.1) is 19.5 Å². The van der Waals surface area contributed by atoms with Crippen LogP contribution in [0.1, 0.15) is 0 Å². The SMILES string of the molecule is CS(=O)(=O)N1CCN(c2nc(NN)cc(N3CCOCC3)n2)CC1. The summed E-state index contributed by atoms with van der Waals surface area (Å²) in [6.45, 7) is 4.80. The van der Waals surface area contributed by atoms with Crippen LogP contribution in [0.15, 0.2) is 6.07 Å². The largest absolute Gasteiger partial charge is 0.378 e. The molecule has 134 valence electrons. The van der Waals surface area contributed by atoms with Gasteiger partial charge >= 0.3 is 0 Å². The summed E-state index contributed by atoms with van der Waals surface area (Å²) in [6, 6.07) is 1.81. The smallest absolute Gasteiger partial charge is 0.229 e. The average molecular weight is 357 g/mol. The van der Waals surface area contributed by atoms with Gasteiger partial charge in [-0.25, -0.2) is 14.3 Å². The van der Waals surface area contributed by atoms with Crippen molar-refractivity contribution in [3.05, 3.63) is 6.07 Å². The molecular weight excluding hydrogens is 334 g/mol. The lowest BCUT2D eigenvalue weighted by Gasteiger charge is -2.34. The summed E-state index contributed by atoms with van der Waals surface area (Å²) in [4.78, 5) is 13.2. The van der Waals surface area contributed by atoms with E-state index >= 15 is 0 Å². The molecule has 2 saturated heterocycles. The van der Waals surface area contributed by atoms with Gasteiger partial charge in [0.25, 0.3) is 0 Å². The number of ether oxygens (including phenoxy) is 1. The van der Waals surface area contributed by atoms with Crippen LogP contribution in [0.25, 0.3) is 0 Å². The highest BCUT2D eigenvalue weighted by Gasteiger charge is 2.25. The molecule has 0 saturated carbocycles. The molecule has 0 aromatic carbocycles. The van der Waals surface area contributed by atoms with E-state index in [1.807, 2.05) is 11.0 Å². The number of hydrogen-bond acceptors (Lipinski definition) is 9. The second kappa shape index (κ2) is 7.05. The van der Waals surface area contributed by atoms with E-state index in [1.54, 1.807) is 0 Å². The van der Waals surface area contributed by atoms with E-state index in [0.717, 1.165) is 18.9 Å². The highest BCUT2D eigenvalue weighted by atomic mass is 32.2. The van der Waals surface area contributed by atoms with E-state index in [-0.39, 0.29) is 0 Å². The van der Waals surface area contributed by atoms with Gasteiger partial charge in [-0.2, -0.15) is 14.3 Å². The molecule has 1 aromatic heterocycles. The van der Waals surface area contributed by atoms with Crippen molar-refractivity contribution in [1.82, 2.24) is 14.3 Å². The molecule has 3 rings (SSSR count). The molecular formula is C13H23N7O3S. The quantitative estimate of drug-likeness (QED) is 0.500. The Labute approximate surface area is 141 Å². The zero-order valence-electron chi connectivity index (χ0n) is 13.7. The van der Waals surface area contributed by atoms with Crippen molar-refractivity contribution < 1.29 is 13.2 Å². The average Bonchev–Trinajstić information content (AvgIpc) is 2.61. The fourth-order valence-electron chi connectivity index (χ4n) is 2.81. The van der Waals surface area contributed by atoms with Crippen LogP contribution in [-0.2, 0) is 14.8 Å². The lowest BCUT2D eigenvalue weighted by Crippen LogP contribution is -2.49. The van der Waals surface area contributed by atoms with E-state index in [4.69, 9.17) is 10.6 Å². The first-order chi connectivity index (χ1) is 11.5. The van der Waals surface area contributed by atoms with Gasteiger partial charge in [0.2, 0.25) is 16.0 Å². The molecule has 2 aliphatic rings. The van der Waals surface area contributed by atoms with Crippen LogP contribution in [0.5, 0.6) is 0 Å². The van der Waals surface area contributed by atoms with Gasteiger partial charge in [0, 0.05) is 45.3 Å². The minimum atomic E-state index is -3.16. The summed E-state index contributed by atoms with van der Waals surface area (Å²) < 4.78 is 30.1. The van der Waals surface area contributed by atoms with Crippen LogP contribution in [0.2, 0.25) is 0 Å². The molecule has 10 nitrogen and oxygen atoms in total. The molecule has 3 heterocycles. The second-order valence-corrected chi connectivity index (χ2v) is 7.79. The molecule has 0 radical (unpaired) electrons. The standard InChI is InChI=1S/C13H23N7O3S/c1-24(21,22)20-4-2-19(3-5-20)13-15-11(17-14)10-12(16-13)18-6-8-23-9-7-18/h10H,2-9,14H2,1H3,(H,15,16,17). The van der Waals surface area contributed by atoms with E-state index in [0.29, 0.717) is 51.2 Å². The number of nitrogens with one attached hydrogen (secondary N) is 1. The summed E-state index contributed by atoms with van der Waals surface area (Å²) in [5, 5.41) is 0. The predicted octanol–water partition coefficient (Wildman–Crippen LogP) is -1.32. The highest BCUT2D eigenvalue weighted by Crippen LogP contribution is 2.22. The fraction of sp³-hybridized carbons (Fsp3) is 0.692. The van der Waals surface area contributed by atoms with E-state index in [1.165, 1.54) is 10.6 Å². The Morgan fingerprint density at radius 2 is 1.75 bits per heavy atom. The number of rotatable bonds is 4. The lowest BCUT2D eigenvalue weighted by atomic mass is 10.3. The molecule has 0 atom stereocenters. The molecule has 1 aromatic rings. The first-order valence-corrected chi connectivity index (χ1v) is 9.70. The summed E-state index contributed by atoms with van der Waals surface area (Å²) in [5.41, 5.74) is 2.58.